The van der Waals surface area contributed by atoms with Crippen LogP contribution in [0.15, 0.2) is 24.4 Å². The zero-order chi connectivity index (χ0) is 18.7. The zero-order valence-electron chi connectivity index (χ0n) is 14.1. The molecule has 1 saturated heterocycles. The number of anilines is 3. The topological polar surface area (TPSA) is 57.2 Å². The summed E-state index contributed by atoms with van der Waals surface area (Å²) in [4.78, 5) is 8.66. The van der Waals surface area contributed by atoms with Gasteiger partial charge in [-0.05, 0) is 24.7 Å². The van der Waals surface area contributed by atoms with Crippen molar-refractivity contribution < 1.29 is 13.2 Å². The van der Waals surface area contributed by atoms with Gasteiger partial charge >= 0.3 is 6.18 Å². The molecule has 1 fully saturated rings. The van der Waals surface area contributed by atoms with Crippen molar-refractivity contribution in [2.24, 2.45) is 0 Å². The standard InChI is InChI=1S/C16H18ClF3N6/c1-2-25-5-7-26(8-6-25)14-10-21-24-15(23-14)22-13-4-3-11(17)9-12(13)16(18,19)20/h3-4,9-10H,2,5-8H2,1H3,(H,22,23,24). The van der Waals surface area contributed by atoms with Crippen LogP contribution < -0.4 is 10.2 Å². The minimum atomic E-state index is -4.55. The number of hydrogen-bond donors (Lipinski definition) is 1. The lowest BCUT2D eigenvalue weighted by Crippen LogP contribution is -2.46. The van der Waals surface area contributed by atoms with Crippen molar-refractivity contribution in [2.75, 3.05) is 42.9 Å². The molecule has 10 heteroatoms. The van der Waals surface area contributed by atoms with Gasteiger partial charge in [0.05, 0.1) is 17.4 Å². The number of halogens is 4. The summed E-state index contributed by atoms with van der Waals surface area (Å²) < 4.78 is 39.6. The highest BCUT2D eigenvalue weighted by atomic mass is 35.5. The second kappa shape index (κ2) is 7.63. The maximum absolute atomic E-state index is 13.2. The van der Waals surface area contributed by atoms with Gasteiger partial charge < -0.3 is 15.1 Å². The molecule has 3 rings (SSSR count). The molecule has 1 aliphatic heterocycles. The van der Waals surface area contributed by atoms with Crippen LogP contribution in [0.4, 0.5) is 30.6 Å². The summed E-state index contributed by atoms with van der Waals surface area (Å²) >= 11 is 5.69. The molecule has 0 bridgehead atoms. The van der Waals surface area contributed by atoms with Crippen molar-refractivity contribution in [3.63, 3.8) is 0 Å². The fourth-order valence-electron chi connectivity index (χ4n) is 2.77. The highest BCUT2D eigenvalue weighted by Crippen LogP contribution is 2.37. The molecule has 0 saturated carbocycles. The molecule has 1 N–H and O–H groups in total. The van der Waals surface area contributed by atoms with Gasteiger partial charge in [-0.25, -0.2) is 0 Å². The van der Waals surface area contributed by atoms with Gasteiger partial charge in [0.15, 0.2) is 5.82 Å². The van der Waals surface area contributed by atoms with Crippen LogP contribution >= 0.6 is 11.6 Å². The monoisotopic (exact) mass is 386 g/mol. The number of nitrogens with one attached hydrogen (secondary N) is 1. The van der Waals surface area contributed by atoms with Crippen molar-refractivity contribution in [1.29, 1.82) is 0 Å². The van der Waals surface area contributed by atoms with E-state index in [2.05, 4.69) is 32.3 Å². The average Bonchev–Trinajstić information content (AvgIpc) is 2.63. The molecule has 26 heavy (non-hydrogen) atoms. The summed E-state index contributed by atoms with van der Waals surface area (Å²) in [5.74, 6) is 0.592. The number of piperazine rings is 1. The third-order valence-corrected chi connectivity index (χ3v) is 4.46. The van der Waals surface area contributed by atoms with Crippen LogP contribution in [0, 0.1) is 0 Å². The number of nitrogens with zero attached hydrogens (tertiary/aromatic N) is 5. The fraction of sp³-hybridized carbons (Fsp3) is 0.438. The van der Waals surface area contributed by atoms with E-state index in [9.17, 15) is 13.2 Å². The fourth-order valence-corrected chi connectivity index (χ4v) is 2.95. The Bertz CT molecular complexity index is 762. The van der Waals surface area contributed by atoms with Crippen LogP contribution in [0.2, 0.25) is 5.02 Å². The molecule has 0 aliphatic carbocycles. The molecule has 0 unspecified atom stereocenters. The van der Waals surface area contributed by atoms with Crippen LogP contribution in [0.1, 0.15) is 12.5 Å². The van der Waals surface area contributed by atoms with Gasteiger partial charge in [-0.15, -0.1) is 5.10 Å². The van der Waals surface area contributed by atoms with E-state index in [0.717, 1.165) is 38.8 Å². The molecule has 140 valence electrons. The number of likely N-dealkylation sites (N-methyl/N-ethyl adjacent to an activating group) is 1. The van der Waals surface area contributed by atoms with Crippen molar-refractivity contribution in [3.8, 4) is 0 Å². The van der Waals surface area contributed by atoms with E-state index in [1.165, 1.54) is 18.3 Å². The van der Waals surface area contributed by atoms with Crippen LogP contribution in [-0.2, 0) is 6.18 Å². The zero-order valence-corrected chi connectivity index (χ0v) is 14.8. The van der Waals surface area contributed by atoms with Crippen molar-refractivity contribution in [3.05, 3.63) is 35.0 Å². The molecule has 0 amide bonds. The summed E-state index contributed by atoms with van der Waals surface area (Å²) in [5.41, 5.74) is -1.05. The Kier molecular flexibility index (Phi) is 5.47. The first-order valence-electron chi connectivity index (χ1n) is 8.17. The maximum atomic E-state index is 13.2. The summed E-state index contributed by atoms with van der Waals surface area (Å²) in [6.07, 6.45) is -3.03. The Morgan fingerprint density at radius 2 is 1.92 bits per heavy atom. The normalized spacial score (nSPS) is 16.0. The predicted molar refractivity (Wildman–Crippen MR) is 93.9 cm³/mol. The maximum Gasteiger partial charge on any atom is 0.418 e. The summed E-state index contributed by atoms with van der Waals surface area (Å²) in [5, 5.41) is 10.3. The van der Waals surface area contributed by atoms with Gasteiger partial charge in [-0.1, -0.05) is 18.5 Å². The first-order chi connectivity index (χ1) is 12.4. The Hall–Kier alpha value is -2.13. The molecule has 1 aliphatic rings. The Morgan fingerprint density at radius 3 is 2.58 bits per heavy atom. The number of aromatic nitrogens is 3. The van der Waals surface area contributed by atoms with Crippen LogP contribution in [-0.4, -0.2) is 52.8 Å². The lowest BCUT2D eigenvalue weighted by atomic mass is 10.1. The largest absolute Gasteiger partial charge is 0.418 e. The Balaban J connectivity index is 1.80. The van der Waals surface area contributed by atoms with E-state index < -0.39 is 11.7 Å². The minimum Gasteiger partial charge on any atom is -0.353 e. The number of hydrogen-bond acceptors (Lipinski definition) is 6. The van der Waals surface area contributed by atoms with Gasteiger partial charge in [0.2, 0.25) is 5.95 Å². The lowest BCUT2D eigenvalue weighted by molar-refractivity contribution is -0.136. The molecule has 1 aromatic carbocycles. The minimum absolute atomic E-state index is 0.00413. The predicted octanol–water partition coefficient (Wildman–Crippen LogP) is 3.43. The second-order valence-corrected chi connectivity index (χ2v) is 6.31. The average molecular weight is 387 g/mol. The van der Waals surface area contributed by atoms with Crippen molar-refractivity contribution >= 4 is 29.1 Å². The van der Waals surface area contributed by atoms with E-state index in [1.807, 2.05) is 4.90 Å². The van der Waals surface area contributed by atoms with E-state index >= 15 is 0 Å². The molecule has 6 nitrogen and oxygen atoms in total. The quantitative estimate of drug-likeness (QED) is 0.868. The molecule has 2 heterocycles. The van der Waals surface area contributed by atoms with E-state index in [-0.39, 0.29) is 16.7 Å². The number of benzene rings is 1. The molecule has 1 aromatic heterocycles. The van der Waals surface area contributed by atoms with E-state index in [0.29, 0.717) is 5.82 Å². The highest BCUT2D eigenvalue weighted by Gasteiger charge is 2.34. The third kappa shape index (κ3) is 4.34. The Labute approximate surface area is 154 Å². The van der Waals surface area contributed by atoms with E-state index in [1.54, 1.807) is 0 Å². The highest BCUT2D eigenvalue weighted by molar-refractivity contribution is 6.30. The van der Waals surface area contributed by atoms with E-state index in [4.69, 9.17) is 11.6 Å². The molecular weight excluding hydrogens is 369 g/mol. The number of alkyl halides is 3. The molecule has 0 radical (unpaired) electrons. The third-order valence-electron chi connectivity index (χ3n) is 4.22. The molecule has 0 spiro atoms. The first-order valence-corrected chi connectivity index (χ1v) is 8.55. The van der Waals surface area contributed by atoms with Crippen molar-refractivity contribution in [1.82, 2.24) is 20.1 Å². The molecule has 0 atom stereocenters. The number of rotatable bonds is 4. The van der Waals surface area contributed by atoms with Gasteiger partial charge in [0, 0.05) is 31.2 Å². The molecular formula is C16H18ClF3N6. The SMILES string of the molecule is CCN1CCN(c2cnnc(Nc3ccc(Cl)cc3C(F)(F)F)n2)CC1. The van der Waals surface area contributed by atoms with Crippen LogP contribution in [0.3, 0.4) is 0 Å². The summed E-state index contributed by atoms with van der Waals surface area (Å²) in [7, 11) is 0. The Morgan fingerprint density at radius 1 is 1.19 bits per heavy atom. The van der Waals surface area contributed by atoms with Crippen LogP contribution in [0.25, 0.3) is 0 Å². The van der Waals surface area contributed by atoms with Gasteiger partial charge in [-0.3, -0.25) is 0 Å². The second-order valence-electron chi connectivity index (χ2n) is 5.87. The summed E-state index contributed by atoms with van der Waals surface area (Å²) in [6, 6.07) is 3.49. The van der Waals surface area contributed by atoms with Gasteiger partial charge in [-0.2, -0.15) is 23.3 Å². The summed E-state index contributed by atoms with van der Waals surface area (Å²) in [6.45, 7) is 6.45. The molecule has 2 aromatic rings. The smallest absolute Gasteiger partial charge is 0.353 e. The van der Waals surface area contributed by atoms with Crippen molar-refractivity contribution in [2.45, 2.75) is 13.1 Å². The van der Waals surface area contributed by atoms with Gasteiger partial charge in [0.25, 0.3) is 0 Å². The van der Waals surface area contributed by atoms with Gasteiger partial charge in [0.1, 0.15) is 0 Å². The lowest BCUT2D eigenvalue weighted by Gasteiger charge is -2.34. The van der Waals surface area contributed by atoms with Crippen LogP contribution in [0.5, 0.6) is 0 Å². The first kappa shape index (κ1) is 18.7.